The molecule has 7 heteroatoms. The Morgan fingerprint density at radius 1 is 0.964 bits per heavy atom. The van der Waals surface area contributed by atoms with E-state index >= 15 is 0 Å². The number of aldehydes is 1. The molecule has 0 spiro atoms. The second kappa shape index (κ2) is 9.13. The molecule has 1 saturated heterocycles. The van der Waals surface area contributed by atoms with E-state index in [9.17, 15) is 25.2 Å². The Bertz CT molecular complexity index is 807. The number of hydrogen-bond donors (Lipinski definition) is 4. The normalized spacial score (nSPS) is 27.5. The summed E-state index contributed by atoms with van der Waals surface area (Å²) in [5.41, 5.74) is 3.33. The molecule has 1 aliphatic rings. The van der Waals surface area contributed by atoms with Crippen molar-refractivity contribution < 1.29 is 30.0 Å². The first-order valence-electron chi connectivity index (χ1n) is 9.05. The van der Waals surface area contributed by atoms with Gasteiger partial charge in [0, 0.05) is 11.4 Å². The van der Waals surface area contributed by atoms with E-state index in [0.717, 1.165) is 23.0 Å². The minimum absolute atomic E-state index is 0.369. The van der Waals surface area contributed by atoms with Crippen molar-refractivity contribution in [1.29, 1.82) is 0 Å². The summed E-state index contributed by atoms with van der Waals surface area (Å²) in [5, 5.41) is 40.2. The van der Waals surface area contributed by atoms with E-state index in [1.807, 2.05) is 24.3 Å². The lowest BCUT2D eigenvalue weighted by atomic mass is 9.90. The highest BCUT2D eigenvalue weighted by atomic mass is 35.5. The molecule has 0 aromatic heterocycles. The molecule has 150 valence electrons. The lowest BCUT2D eigenvalue weighted by Crippen LogP contribution is -2.55. The number of ether oxygens (including phenoxy) is 1. The number of carbonyl (C=O) groups excluding carboxylic acids is 1. The Morgan fingerprint density at radius 3 is 2.29 bits per heavy atom. The standard InChI is InChI=1S/C21H23ClO6/c22-16-6-5-14(21-20(27)19(26)18(25)17(11-24)28-21)10-15(16)9-13-3-1-12(2-4-13)7-8-23/h1-6,8,10,17-21,24-27H,7,9,11H2/t17-,18-,19+,20-,21+/m1/s1. The number of carbonyl (C=O) groups is 1. The molecule has 0 unspecified atom stereocenters. The number of hydrogen-bond acceptors (Lipinski definition) is 6. The summed E-state index contributed by atoms with van der Waals surface area (Å²) in [6.07, 6.45) is -4.27. The summed E-state index contributed by atoms with van der Waals surface area (Å²) in [5.74, 6) is 0. The van der Waals surface area contributed by atoms with Crippen LogP contribution in [0.25, 0.3) is 0 Å². The average Bonchev–Trinajstić information content (AvgIpc) is 2.70. The molecule has 1 fully saturated rings. The first-order chi connectivity index (χ1) is 13.4. The van der Waals surface area contributed by atoms with E-state index in [-0.39, 0.29) is 0 Å². The maximum absolute atomic E-state index is 10.6. The maximum Gasteiger partial charge on any atom is 0.124 e. The summed E-state index contributed by atoms with van der Waals surface area (Å²) in [6, 6.07) is 12.8. The highest BCUT2D eigenvalue weighted by molar-refractivity contribution is 6.31. The van der Waals surface area contributed by atoms with Crippen molar-refractivity contribution in [3.05, 3.63) is 69.7 Å². The SMILES string of the molecule is O=CCc1ccc(Cc2cc([C@@H]3O[C@H](CO)[C@@H](O)[C@H](O)[C@H]3O)ccc2Cl)cc1. The van der Waals surface area contributed by atoms with Crippen molar-refractivity contribution in [2.75, 3.05) is 6.61 Å². The van der Waals surface area contributed by atoms with Crippen molar-refractivity contribution >= 4 is 17.9 Å². The lowest BCUT2D eigenvalue weighted by Gasteiger charge is -2.40. The van der Waals surface area contributed by atoms with E-state index in [2.05, 4.69) is 0 Å². The summed E-state index contributed by atoms with van der Waals surface area (Å²) < 4.78 is 5.62. The summed E-state index contributed by atoms with van der Waals surface area (Å²) in [6.45, 7) is -0.477. The van der Waals surface area contributed by atoms with Crippen LogP contribution in [0.1, 0.15) is 28.4 Å². The number of benzene rings is 2. The minimum Gasteiger partial charge on any atom is -0.394 e. The Labute approximate surface area is 168 Å². The van der Waals surface area contributed by atoms with Crippen LogP contribution in [0.3, 0.4) is 0 Å². The molecule has 0 aliphatic carbocycles. The van der Waals surface area contributed by atoms with Crippen LogP contribution in [0.15, 0.2) is 42.5 Å². The van der Waals surface area contributed by atoms with Crippen molar-refractivity contribution in [3.63, 3.8) is 0 Å². The molecule has 1 aliphatic heterocycles. The largest absolute Gasteiger partial charge is 0.394 e. The monoisotopic (exact) mass is 406 g/mol. The maximum atomic E-state index is 10.6. The molecule has 0 saturated carbocycles. The van der Waals surface area contributed by atoms with Crippen molar-refractivity contribution in [2.45, 2.75) is 43.4 Å². The van der Waals surface area contributed by atoms with E-state index < -0.39 is 37.1 Å². The third-order valence-corrected chi connectivity index (χ3v) is 5.40. The smallest absolute Gasteiger partial charge is 0.124 e. The van der Waals surface area contributed by atoms with Crippen LogP contribution in [0.5, 0.6) is 0 Å². The zero-order valence-corrected chi connectivity index (χ0v) is 15.9. The topological polar surface area (TPSA) is 107 Å². The molecule has 1 heterocycles. The number of aliphatic hydroxyl groups is 4. The Hall–Kier alpha value is -1.80. The molecule has 6 nitrogen and oxygen atoms in total. The van der Waals surface area contributed by atoms with Gasteiger partial charge in [0.25, 0.3) is 0 Å². The van der Waals surface area contributed by atoms with Gasteiger partial charge in [-0.3, -0.25) is 0 Å². The van der Waals surface area contributed by atoms with Gasteiger partial charge in [0.05, 0.1) is 6.61 Å². The Balaban J connectivity index is 1.83. The third-order valence-electron chi connectivity index (χ3n) is 5.03. The molecule has 2 aromatic carbocycles. The van der Waals surface area contributed by atoms with Crippen LogP contribution in [0, 0.1) is 0 Å². The first-order valence-corrected chi connectivity index (χ1v) is 9.42. The van der Waals surface area contributed by atoms with Crippen LogP contribution in [-0.4, -0.2) is 57.7 Å². The van der Waals surface area contributed by atoms with Crippen molar-refractivity contribution in [3.8, 4) is 0 Å². The molecule has 4 N–H and O–H groups in total. The van der Waals surface area contributed by atoms with Crippen LogP contribution < -0.4 is 0 Å². The van der Waals surface area contributed by atoms with Gasteiger partial charge >= 0.3 is 0 Å². The molecule has 0 amide bonds. The molecule has 0 bridgehead atoms. The average molecular weight is 407 g/mol. The first kappa shape index (κ1) is 20.9. The number of rotatable bonds is 6. The van der Waals surface area contributed by atoms with Gasteiger partial charge in [-0.25, -0.2) is 0 Å². The van der Waals surface area contributed by atoms with E-state index in [4.69, 9.17) is 16.3 Å². The lowest BCUT2D eigenvalue weighted by molar-refractivity contribution is -0.231. The second-order valence-corrected chi connectivity index (χ2v) is 7.37. The van der Waals surface area contributed by atoms with Crippen LogP contribution in [0.2, 0.25) is 5.02 Å². The molecule has 3 rings (SSSR count). The molecular formula is C21H23ClO6. The Kier molecular flexibility index (Phi) is 6.82. The van der Waals surface area contributed by atoms with E-state index in [1.54, 1.807) is 18.2 Å². The molecule has 0 radical (unpaired) electrons. The van der Waals surface area contributed by atoms with Crippen LogP contribution in [-0.2, 0) is 22.4 Å². The van der Waals surface area contributed by atoms with Crippen LogP contribution >= 0.6 is 11.6 Å². The van der Waals surface area contributed by atoms with Gasteiger partial charge in [-0.2, -0.15) is 0 Å². The highest BCUT2D eigenvalue weighted by Crippen LogP contribution is 2.34. The third kappa shape index (κ3) is 4.43. The van der Waals surface area contributed by atoms with Gasteiger partial charge in [-0.15, -0.1) is 0 Å². The number of halogens is 1. The quantitative estimate of drug-likeness (QED) is 0.537. The molecule has 28 heavy (non-hydrogen) atoms. The summed E-state index contributed by atoms with van der Waals surface area (Å²) in [4.78, 5) is 10.6. The van der Waals surface area contributed by atoms with Crippen LogP contribution in [0.4, 0.5) is 0 Å². The fourth-order valence-corrected chi connectivity index (χ4v) is 3.58. The zero-order valence-electron chi connectivity index (χ0n) is 15.1. The van der Waals surface area contributed by atoms with E-state index in [1.165, 1.54) is 0 Å². The molecular weight excluding hydrogens is 384 g/mol. The number of aliphatic hydroxyl groups excluding tert-OH is 4. The van der Waals surface area contributed by atoms with Gasteiger partial charge in [-0.1, -0.05) is 48.0 Å². The fraction of sp³-hybridized carbons (Fsp3) is 0.381. The predicted octanol–water partition coefficient (Wildman–Crippen LogP) is 1.19. The highest BCUT2D eigenvalue weighted by Gasteiger charge is 2.43. The second-order valence-electron chi connectivity index (χ2n) is 6.96. The van der Waals surface area contributed by atoms with Gasteiger partial charge in [0.2, 0.25) is 0 Å². The minimum atomic E-state index is -1.43. The Morgan fingerprint density at radius 2 is 1.64 bits per heavy atom. The van der Waals surface area contributed by atoms with Gasteiger partial charge in [-0.05, 0) is 34.7 Å². The van der Waals surface area contributed by atoms with E-state index in [0.29, 0.717) is 23.4 Å². The predicted molar refractivity (Wildman–Crippen MR) is 103 cm³/mol. The summed E-state index contributed by atoms with van der Waals surface area (Å²) >= 11 is 6.33. The van der Waals surface area contributed by atoms with Gasteiger partial charge in [0.15, 0.2) is 0 Å². The van der Waals surface area contributed by atoms with Gasteiger partial charge in [0.1, 0.15) is 36.8 Å². The fourth-order valence-electron chi connectivity index (χ4n) is 3.39. The zero-order chi connectivity index (χ0) is 20.3. The van der Waals surface area contributed by atoms with Crippen molar-refractivity contribution in [1.82, 2.24) is 0 Å². The van der Waals surface area contributed by atoms with Crippen molar-refractivity contribution in [2.24, 2.45) is 0 Å². The van der Waals surface area contributed by atoms with Gasteiger partial charge < -0.3 is 30.0 Å². The summed E-state index contributed by atoms with van der Waals surface area (Å²) in [7, 11) is 0. The molecule has 2 aromatic rings. The molecule has 5 atom stereocenters.